The summed E-state index contributed by atoms with van der Waals surface area (Å²) < 4.78 is 27.1. The van der Waals surface area contributed by atoms with E-state index in [0.717, 1.165) is 22.4 Å². The van der Waals surface area contributed by atoms with Crippen molar-refractivity contribution in [3.05, 3.63) is 40.4 Å². The van der Waals surface area contributed by atoms with Crippen LogP contribution in [0.2, 0.25) is 0 Å². The van der Waals surface area contributed by atoms with E-state index in [2.05, 4.69) is 9.71 Å². The van der Waals surface area contributed by atoms with Crippen molar-refractivity contribution >= 4 is 26.5 Å². The molecule has 0 saturated carbocycles. The molecule has 7 heteroatoms. The van der Waals surface area contributed by atoms with E-state index in [-0.39, 0.29) is 4.90 Å². The van der Waals surface area contributed by atoms with Crippen LogP contribution in [0.25, 0.3) is 0 Å². The Morgan fingerprint density at radius 3 is 2.65 bits per heavy atom. The summed E-state index contributed by atoms with van der Waals surface area (Å²) >= 11 is 1.30. The first kappa shape index (κ1) is 15.0. The second-order valence-electron chi connectivity index (χ2n) is 4.37. The number of nitrogens with zero attached hydrogens (tertiary/aromatic N) is 1. The maximum atomic E-state index is 12.3. The predicted molar refractivity (Wildman–Crippen MR) is 81.4 cm³/mol. The van der Waals surface area contributed by atoms with Crippen LogP contribution in [0.15, 0.2) is 29.3 Å². The van der Waals surface area contributed by atoms with Crippen molar-refractivity contribution in [2.45, 2.75) is 31.7 Å². The predicted octanol–water partition coefficient (Wildman–Crippen LogP) is 2.27. The van der Waals surface area contributed by atoms with E-state index in [1.54, 1.807) is 18.3 Å². The Labute approximate surface area is 122 Å². The highest BCUT2D eigenvalue weighted by Gasteiger charge is 2.17. The van der Waals surface area contributed by atoms with Crippen LogP contribution in [-0.4, -0.2) is 13.4 Å². The minimum absolute atomic E-state index is 0.211. The fourth-order valence-electron chi connectivity index (χ4n) is 1.88. The van der Waals surface area contributed by atoms with E-state index in [4.69, 9.17) is 5.73 Å². The number of nitrogens with one attached hydrogen (secondary N) is 1. The quantitative estimate of drug-likeness (QED) is 0.887. The lowest BCUT2D eigenvalue weighted by molar-refractivity contribution is 0.601. The van der Waals surface area contributed by atoms with E-state index in [1.165, 1.54) is 11.3 Å². The summed E-state index contributed by atoms with van der Waals surface area (Å²) in [5.74, 6) is 0. The summed E-state index contributed by atoms with van der Waals surface area (Å²) in [6.45, 7) is 4.21. The molecule has 1 aromatic heterocycles. The average molecular weight is 311 g/mol. The number of rotatable bonds is 5. The Morgan fingerprint density at radius 2 is 2.10 bits per heavy atom. The number of sulfonamides is 1. The molecule has 3 N–H and O–H groups in total. The van der Waals surface area contributed by atoms with Gasteiger partial charge in [-0.15, -0.1) is 11.3 Å². The van der Waals surface area contributed by atoms with Crippen LogP contribution in [0.4, 0.5) is 5.13 Å². The number of anilines is 1. The third-order valence-electron chi connectivity index (χ3n) is 2.93. The van der Waals surface area contributed by atoms with E-state index in [9.17, 15) is 8.42 Å². The molecule has 0 aliphatic carbocycles. The molecule has 0 aliphatic heterocycles. The number of thiazole rings is 1. The normalized spacial score (nSPS) is 11.6. The lowest BCUT2D eigenvalue weighted by atomic mass is 10.1. The lowest BCUT2D eigenvalue weighted by Crippen LogP contribution is -2.14. The standard InChI is InChI=1S/C13H17N3O2S2/c1-3-10-4-5-12(6-11(10)7-14)20(17,18)16-13-15-8-9(2)19-13/h4-6,8H,3,7,14H2,1-2H3,(H,15,16). The Bertz CT molecular complexity index is 708. The molecule has 0 unspecified atom stereocenters. The molecule has 2 aromatic rings. The highest BCUT2D eigenvalue weighted by atomic mass is 32.2. The minimum Gasteiger partial charge on any atom is -0.326 e. The first-order chi connectivity index (χ1) is 9.46. The fraction of sp³-hybridized carbons (Fsp3) is 0.308. The van der Waals surface area contributed by atoms with Gasteiger partial charge >= 0.3 is 0 Å². The van der Waals surface area contributed by atoms with Crippen LogP contribution in [-0.2, 0) is 23.0 Å². The zero-order chi connectivity index (χ0) is 14.8. The molecule has 0 bridgehead atoms. The molecule has 1 heterocycles. The van der Waals surface area contributed by atoms with Gasteiger partial charge in [-0.2, -0.15) is 0 Å². The van der Waals surface area contributed by atoms with Crippen LogP contribution in [0, 0.1) is 6.92 Å². The Morgan fingerprint density at radius 1 is 1.35 bits per heavy atom. The van der Waals surface area contributed by atoms with Crippen molar-refractivity contribution in [1.82, 2.24) is 4.98 Å². The maximum Gasteiger partial charge on any atom is 0.263 e. The van der Waals surface area contributed by atoms with Gasteiger partial charge in [0.1, 0.15) is 0 Å². The highest BCUT2D eigenvalue weighted by molar-refractivity contribution is 7.93. The molecule has 108 valence electrons. The van der Waals surface area contributed by atoms with E-state index in [1.807, 2.05) is 19.9 Å². The van der Waals surface area contributed by atoms with Crippen molar-refractivity contribution in [2.75, 3.05) is 4.72 Å². The molecular formula is C13H17N3O2S2. The van der Waals surface area contributed by atoms with E-state index < -0.39 is 10.0 Å². The van der Waals surface area contributed by atoms with Gasteiger partial charge in [-0.05, 0) is 36.6 Å². The smallest absolute Gasteiger partial charge is 0.263 e. The van der Waals surface area contributed by atoms with Gasteiger partial charge in [-0.3, -0.25) is 4.72 Å². The molecule has 0 saturated heterocycles. The number of benzene rings is 1. The van der Waals surface area contributed by atoms with Gasteiger partial charge in [0.25, 0.3) is 10.0 Å². The largest absolute Gasteiger partial charge is 0.326 e. The van der Waals surface area contributed by atoms with E-state index in [0.29, 0.717) is 11.7 Å². The van der Waals surface area contributed by atoms with Gasteiger partial charge in [-0.1, -0.05) is 13.0 Å². The molecule has 20 heavy (non-hydrogen) atoms. The highest BCUT2D eigenvalue weighted by Crippen LogP contribution is 2.22. The molecule has 0 aliphatic rings. The summed E-state index contributed by atoms with van der Waals surface area (Å²) in [4.78, 5) is 5.17. The number of hydrogen-bond acceptors (Lipinski definition) is 5. The Balaban J connectivity index is 2.34. The first-order valence-corrected chi connectivity index (χ1v) is 8.53. The third-order valence-corrected chi connectivity index (χ3v) is 5.23. The second-order valence-corrected chi connectivity index (χ2v) is 7.29. The van der Waals surface area contributed by atoms with Crippen LogP contribution in [0.3, 0.4) is 0 Å². The molecule has 0 amide bonds. The topological polar surface area (TPSA) is 85.1 Å². The fourth-order valence-corrected chi connectivity index (χ4v) is 3.84. The van der Waals surface area contributed by atoms with E-state index >= 15 is 0 Å². The summed E-state index contributed by atoms with van der Waals surface area (Å²) in [7, 11) is -3.62. The molecule has 5 nitrogen and oxygen atoms in total. The third kappa shape index (κ3) is 3.17. The molecular weight excluding hydrogens is 294 g/mol. The molecule has 1 aromatic carbocycles. The first-order valence-electron chi connectivity index (χ1n) is 6.23. The van der Waals surface area contributed by atoms with Gasteiger partial charge in [0.15, 0.2) is 5.13 Å². The summed E-state index contributed by atoms with van der Waals surface area (Å²) in [5.41, 5.74) is 7.59. The molecule has 0 atom stereocenters. The van der Waals surface area contributed by atoms with Crippen LogP contribution >= 0.6 is 11.3 Å². The number of aryl methyl sites for hydroxylation is 2. The van der Waals surface area contributed by atoms with Gasteiger partial charge in [0.05, 0.1) is 4.90 Å². The summed E-state index contributed by atoms with van der Waals surface area (Å²) in [6.07, 6.45) is 2.46. The maximum absolute atomic E-state index is 12.3. The van der Waals surface area contributed by atoms with Crippen molar-refractivity contribution in [3.63, 3.8) is 0 Å². The second kappa shape index (κ2) is 5.90. The lowest BCUT2D eigenvalue weighted by Gasteiger charge is -2.10. The number of nitrogens with two attached hydrogens (primary N) is 1. The van der Waals surface area contributed by atoms with Crippen LogP contribution in [0.1, 0.15) is 22.9 Å². The molecule has 0 radical (unpaired) electrons. The Kier molecular flexibility index (Phi) is 4.42. The zero-order valence-corrected chi connectivity index (χ0v) is 13.0. The van der Waals surface area contributed by atoms with Gasteiger partial charge in [0.2, 0.25) is 0 Å². The van der Waals surface area contributed by atoms with Crippen LogP contribution in [0.5, 0.6) is 0 Å². The Hall–Kier alpha value is -1.44. The van der Waals surface area contributed by atoms with Crippen molar-refractivity contribution in [1.29, 1.82) is 0 Å². The average Bonchev–Trinajstić information content (AvgIpc) is 2.82. The van der Waals surface area contributed by atoms with Crippen LogP contribution < -0.4 is 10.5 Å². The minimum atomic E-state index is -3.62. The SMILES string of the molecule is CCc1ccc(S(=O)(=O)Nc2ncc(C)s2)cc1CN. The molecule has 2 rings (SSSR count). The van der Waals surface area contributed by atoms with Crippen molar-refractivity contribution < 1.29 is 8.42 Å². The van der Waals surface area contributed by atoms with Gasteiger partial charge in [0, 0.05) is 17.6 Å². The zero-order valence-electron chi connectivity index (χ0n) is 11.4. The van der Waals surface area contributed by atoms with Gasteiger partial charge < -0.3 is 5.73 Å². The number of aromatic nitrogens is 1. The molecule has 0 spiro atoms. The number of hydrogen-bond donors (Lipinski definition) is 2. The summed E-state index contributed by atoms with van der Waals surface area (Å²) in [6, 6.07) is 5.03. The monoisotopic (exact) mass is 311 g/mol. The van der Waals surface area contributed by atoms with Crippen molar-refractivity contribution in [2.24, 2.45) is 5.73 Å². The van der Waals surface area contributed by atoms with Gasteiger partial charge in [-0.25, -0.2) is 13.4 Å². The van der Waals surface area contributed by atoms with Crippen molar-refractivity contribution in [3.8, 4) is 0 Å². The summed E-state index contributed by atoms with van der Waals surface area (Å²) in [5, 5.41) is 0.372. The molecule has 0 fully saturated rings.